The first-order valence-electron chi connectivity index (χ1n) is 8.33. The number of primary sulfonamides is 1. The van der Waals surface area contributed by atoms with Crippen molar-refractivity contribution in [2.75, 3.05) is 5.32 Å². The second-order valence-electron chi connectivity index (χ2n) is 6.00. The normalized spacial score (nSPS) is 11.4. The molecule has 10 heteroatoms. The number of halogens is 1. The predicted octanol–water partition coefficient (Wildman–Crippen LogP) is 3.35. The zero-order valence-corrected chi connectivity index (χ0v) is 15.6. The number of anilines is 2. The number of aromatic nitrogens is 3. The quantitative estimate of drug-likeness (QED) is 0.483. The Bertz CT molecular complexity index is 1300. The van der Waals surface area contributed by atoms with Gasteiger partial charge in [-0.25, -0.2) is 28.5 Å². The molecule has 8 nitrogen and oxygen atoms in total. The van der Waals surface area contributed by atoms with Crippen molar-refractivity contribution in [2.24, 2.45) is 5.14 Å². The van der Waals surface area contributed by atoms with Crippen LogP contribution < -0.4 is 15.2 Å². The van der Waals surface area contributed by atoms with E-state index in [0.717, 1.165) is 5.39 Å². The molecular formula is C19H14FN5O3S. The first-order valence-corrected chi connectivity index (χ1v) is 9.88. The van der Waals surface area contributed by atoms with Crippen molar-refractivity contribution in [3.05, 3.63) is 72.9 Å². The van der Waals surface area contributed by atoms with Crippen LogP contribution in [-0.4, -0.2) is 23.4 Å². The van der Waals surface area contributed by atoms with Crippen LogP contribution in [0.15, 0.2) is 71.9 Å². The largest absolute Gasteiger partial charge is 0.455 e. The van der Waals surface area contributed by atoms with Gasteiger partial charge in [-0.05, 0) is 36.4 Å². The molecule has 29 heavy (non-hydrogen) atoms. The number of rotatable bonds is 5. The fraction of sp³-hybridized carbons (Fsp3) is 0. The Morgan fingerprint density at radius 1 is 1.03 bits per heavy atom. The van der Waals surface area contributed by atoms with Crippen molar-refractivity contribution >= 4 is 32.6 Å². The number of nitrogens with two attached hydrogens (primary N) is 1. The van der Waals surface area contributed by atoms with Gasteiger partial charge >= 0.3 is 0 Å². The highest BCUT2D eigenvalue weighted by molar-refractivity contribution is 7.89. The summed E-state index contributed by atoms with van der Waals surface area (Å²) in [4.78, 5) is 12.2. The molecule has 0 atom stereocenters. The molecule has 0 saturated heterocycles. The van der Waals surface area contributed by atoms with Crippen LogP contribution in [-0.2, 0) is 10.0 Å². The standard InChI is InChI=1S/C19H14FN5O3S/c20-17-10-14(8-9-22-17)28-16-3-1-2-12-11-23-19(25-18(12)16)24-13-4-6-15(7-5-13)29(21,26)27/h1-11H,(H2,21,26,27)(H,23,24,25). The zero-order chi connectivity index (χ0) is 20.4. The average Bonchev–Trinajstić information content (AvgIpc) is 2.68. The van der Waals surface area contributed by atoms with Crippen molar-refractivity contribution in [1.82, 2.24) is 15.0 Å². The van der Waals surface area contributed by atoms with Crippen molar-refractivity contribution in [3.63, 3.8) is 0 Å². The van der Waals surface area contributed by atoms with Gasteiger partial charge in [-0.15, -0.1) is 0 Å². The molecule has 2 heterocycles. The molecule has 0 bridgehead atoms. The van der Waals surface area contributed by atoms with Gasteiger partial charge in [0.2, 0.25) is 21.9 Å². The Morgan fingerprint density at radius 3 is 2.55 bits per heavy atom. The number of hydrogen-bond acceptors (Lipinski definition) is 7. The van der Waals surface area contributed by atoms with Crippen LogP contribution >= 0.6 is 0 Å². The number of fused-ring (bicyclic) bond motifs is 1. The first kappa shape index (κ1) is 18.7. The Hall–Kier alpha value is -3.63. The molecule has 0 aliphatic heterocycles. The second-order valence-corrected chi connectivity index (χ2v) is 7.56. The van der Waals surface area contributed by atoms with Gasteiger partial charge in [0.15, 0.2) is 5.75 Å². The molecule has 0 spiro atoms. The van der Waals surface area contributed by atoms with Crippen molar-refractivity contribution < 1.29 is 17.5 Å². The van der Waals surface area contributed by atoms with Crippen LogP contribution in [0.5, 0.6) is 11.5 Å². The molecule has 4 aromatic rings. The Labute approximate surface area is 165 Å². The van der Waals surface area contributed by atoms with Crippen LogP contribution in [0.3, 0.4) is 0 Å². The Balaban J connectivity index is 1.64. The number of benzene rings is 2. The van der Waals surface area contributed by atoms with Gasteiger partial charge in [-0.3, -0.25) is 0 Å². The highest BCUT2D eigenvalue weighted by Gasteiger charge is 2.10. The Morgan fingerprint density at radius 2 is 1.83 bits per heavy atom. The molecule has 4 rings (SSSR count). The van der Waals surface area contributed by atoms with Gasteiger partial charge in [0, 0.05) is 29.5 Å². The third-order valence-corrected chi connectivity index (χ3v) is 4.87. The summed E-state index contributed by atoms with van der Waals surface area (Å²) < 4.78 is 41.8. The van der Waals surface area contributed by atoms with Gasteiger partial charge in [0.05, 0.1) is 4.90 Å². The molecule has 2 aromatic heterocycles. The molecule has 0 saturated carbocycles. The molecular weight excluding hydrogens is 397 g/mol. The monoisotopic (exact) mass is 411 g/mol. The fourth-order valence-corrected chi connectivity index (χ4v) is 3.12. The summed E-state index contributed by atoms with van der Waals surface area (Å²) in [7, 11) is -3.77. The summed E-state index contributed by atoms with van der Waals surface area (Å²) in [6.07, 6.45) is 2.92. The molecule has 2 aromatic carbocycles. The third kappa shape index (κ3) is 4.28. The van der Waals surface area contributed by atoms with Gasteiger partial charge in [0.25, 0.3) is 0 Å². The molecule has 0 amide bonds. The minimum Gasteiger partial charge on any atom is -0.455 e. The van der Waals surface area contributed by atoms with Crippen molar-refractivity contribution in [3.8, 4) is 11.5 Å². The van der Waals surface area contributed by atoms with E-state index in [9.17, 15) is 12.8 Å². The van der Waals surface area contributed by atoms with E-state index in [1.807, 2.05) is 6.07 Å². The maximum Gasteiger partial charge on any atom is 0.238 e. The van der Waals surface area contributed by atoms with Gasteiger partial charge in [-0.1, -0.05) is 12.1 Å². The van der Waals surface area contributed by atoms with E-state index in [-0.39, 0.29) is 16.6 Å². The number of ether oxygens (including phenoxy) is 1. The number of nitrogens with one attached hydrogen (secondary N) is 1. The lowest BCUT2D eigenvalue weighted by Crippen LogP contribution is -2.11. The van der Waals surface area contributed by atoms with Gasteiger partial charge < -0.3 is 10.1 Å². The maximum atomic E-state index is 13.3. The van der Waals surface area contributed by atoms with Crippen molar-refractivity contribution in [2.45, 2.75) is 4.90 Å². The summed E-state index contributed by atoms with van der Waals surface area (Å²) >= 11 is 0. The predicted molar refractivity (Wildman–Crippen MR) is 105 cm³/mol. The minimum absolute atomic E-state index is 0.00255. The smallest absolute Gasteiger partial charge is 0.238 e. The van der Waals surface area contributed by atoms with E-state index >= 15 is 0 Å². The maximum absolute atomic E-state index is 13.3. The first-order chi connectivity index (χ1) is 13.9. The van der Waals surface area contributed by atoms with Crippen LogP contribution in [0.4, 0.5) is 16.0 Å². The summed E-state index contributed by atoms with van der Waals surface area (Å²) in [6, 6.07) is 13.9. The summed E-state index contributed by atoms with van der Waals surface area (Å²) in [6.45, 7) is 0. The summed E-state index contributed by atoms with van der Waals surface area (Å²) in [5, 5.41) is 8.82. The third-order valence-electron chi connectivity index (χ3n) is 3.94. The Kier molecular flexibility index (Phi) is 4.79. The number of pyridine rings is 1. The highest BCUT2D eigenvalue weighted by atomic mass is 32.2. The SMILES string of the molecule is NS(=O)(=O)c1ccc(Nc2ncc3cccc(Oc4ccnc(F)c4)c3n2)cc1. The molecule has 0 radical (unpaired) electrons. The summed E-state index contributed by atoms with van der Waals surface area (Å²) in [5.41, 5.74) is 1.09. The van der Waals surface area contributed by atoms with E-state index in [0.29, 0.717) is 17.0 Å². The minimum atomic E-state index is -3.77. The van der Waals surface area contributed by atoms with E-state index in [1.165, 1.54) is 30.5 Å². The molecule has 0 aliphatic rings. The molecule has 0 aliphatic carbocycles. The van der Waals surface area contributed by atoms with Gasteiger partial charge in [0.1, 0.15) is 11.3 Å². The lowest BCUT2D eigenvalue weighted by atomic mass is 10.2. The average molecular weight is 411 g/mol. The van der Waals surface area contributed by atoms with E-state index in [2.05, 4.69) is 20.3 Å². The number of para-hydroxylation sites is 1. The second kappa shape index (κ2) is 7.41. The lowest BCUT2D eigenvalue weighted by molar-refractivity contribution is 0.476. The number of nitrogens with zero attached hydrogens (tertiary/aromatic N) is 3. The topological polar surface area (TPSA) is 120 Å². The van der Waals surface area contributed by atoms with E-state index in [4.69, 9.17) is 9.88 Å². The van der Waals surface area contributed by atoms with Crippen molar-refractivity contribution in [1.29, 1.82) is 0 Å². The molecule has 3 N–H and O–H groups in total. The molecule has 0 fully saturated rings. The van der Waals surface area contributed by atoms with Crippen LogP contribution in [0.2, 0.25) is 0 Å². The van der Waals surface area contributed by atoms with E-state index in [1.54, 1.807) is 30.5 Å². The van der Waals surface area contributed by atoms with Crippen LogP contribution in [0, 0.1) is 5.95 Å². The lowest BCUT2D eigenvalue weighted by Gasteiger charge is -2.10. The van der Waals surface area contributed by atoms with Crippen LogP contribution in [0.1, 0.15) is 0 Å². The molecule has 0 unspecified atom stereocenters. The van der Waals surface area contributed by atoms with E-state index < -0.39 is 16.0 Å². The summed E-state index contributed by atoms with van der Waals surface area (Å²) in [5.74, 6) is 0.334. The number of sulfonamides is 1. The van der Waals surface area contributed by atoms with Crippen LogP contribution in [0.25, 0.3) is 10.9 Å². The number of hydrogen-bond donors (Lipinski definition) is 2. The zero-order valence-electron chi connectivity index (χ0n) is 14.8. The van der Waals surface area contributed by atoms with Gasteiger partial charge in [-0.2, -0.15) is 4.39 Å². The highest BCUT2D eigenvalue weighted by Crippen LogP contribution is 2.29. The fourth-order valence-electron chi connectivity index (χ4n) is 2.60. The molecule has 146 valence electrons.